The molecule has 0 aromatic heterocycles. The summed E-state index contributed by atoms with van der Waals surface area (Å²) in [5.74, 6) is -0.772. The summed E-state index contributed by atoms with van der Waals surface area (Å²) in [6.45, 7) is 7.53. The van der Waals surface area contributed by atoms with Gasteiger partial charge in [-0.1, -0.05) is 67.1 Å². The smallest absolute Gasteiger partial charge is 0.325 e. The van der Waals surface area contributed by atoms with Crippen molar-refractivity contribution < 1.29 is 28.6 Å². The van der Waals surface area contributed by atoms with Crippen molar-refractivity contribution in [1.82, 2.24) is 10.2 Å². The number of anilines is 1. The summed E-state index contributed by atoms with van der Waals surface area (Å²) in [6.07, 6.45) is 0. The zero-order chi connectivity index (χ0) is 29.4. The molecule has 0 aliphatic carbocycles. The number of carbonyl (C=O) groups is 3. The van der Waals surface area contributed by atoms with E-state index in [1.54, 1.807) is 31.4 Å². The summed E-state index contributed by atoms with van der Waals surface area (Å²) < 4.78 is 16.0. The van der Waals surface area contributed by atoms with E-state index < -0.39 is 35.8 Å². The number of urea groups is 1. The lowest BCUT2D eigenvalue weighted by Gasteiger charge is -2.30. The maximum absolute atomic E-state index is 13.8. The minimum atomic E-state index is -1.07. The van der Waals surface area contributed by atoms with Crippen LogP contribution in [0.1, 0.15) is 41.1 Å². The van der Waals surface area contributed by atoms with Gasteiger partial charge in [0.05, 0.1) is 19.8 Å². The number of ether oxygens (including phenoxy) is 3. The third kappa shape index (κ3) is 7.31. The van der Waals surface area contributed by atoms with Crippen LogP contribution in [-0.2, 0) is 19.1 Å². The lowest BCUT2D eigenvalue weighted by molar-refractivity contribution is -0.134. The Morgan fingerprint density at radius 3 is 2.34 bits per heavy atom. The molecular weight excluding hydrogens is 522 g/mol. The highest BCUT2D eigenvalue weighted by atomic mass is 16.5. The molecule has 1 fully saturated rings. The van der Waals surface area contributed by atoms with Gasteiger partial charge in [0.1, 0.15) is 24.4 Å². The number of benzene rings is 3. The van der Waals surface area contributed by atoms with Crippen LogP contribution in [0.4, 0.5) is 10.5 Å². The van der Waals surface area contributed by atoms with Crippen LogP contribution in [0.5, 0.6) is 5.75 Å². The molecule has 9 nitrogen and oxygen atoms in total. The molecule has 2 unspecified atom stereocenters. The van der Waals surface area contributed by atoms with Crippen molar-refractivity contribution in [2.24, 2.45) is 0 Å². The van der Waals surface area contributed by atoms with E-state index in [2.05, 4.69) is 10.6 Å². The predicted octanol–water partition coefficient (Wildman–Crippen LogP) is 4.75. The summed E-state index contributed by atoms with van der Waals surface area (Å²) in [5.41, 5.74) is 4.02. The third-order valence-electron chi connectivity index (χ3n) is 7.10. The molecule has 0 spiro atoms. The van der Waals surface area contributed by atoms with Gasteiger partial charge in [-0.15, -0.1) is 0 Å². The van der Waals surface area contributed by atoms with Crippen molar-refractivity contribution in [3.05, 3.63) is 95.1 Å². The topological polar surface area (TPSA) is 106 Å². The van der Waals surface area contributed by atoms with Gasteiger partial charge in [-0.2, -0.15) is 0 Å². The molecule has 216 valence electrons. The van der Waals surface area contributed by atoms with Crippen molar-refractivity contribution in [2.75, 3.05) is 38.9 Å². The number of nitrogens with one attached hydrogen (secondary N) is 2. The number of hydrogen-bond acceptors (Lipinski definition) is 6. The standard InChI is InChI=1S/C32H37N3O6/c1-21-10-15-27(22(2)20-21)33-30(36)29(23(3)24-8-6-5-7-9-24)35-31(37)28(34-32(35)38)25-11-13-26(14-12-25)41-19-18-40-17-16-39-4/h5-15,20,23,28-29H,16-19H2,1-4H3,(H,33,36)(H,34,38)/t23?,28-,29?/m1/s1. The number of nitrogens with zero attached hydrogens (tertiary/aromatic N) is 1. The Morgan fingerprint density at radius 1 is 0.951 bits per heavy atom. The molecule has 0 bridgehead atoms. The average molecular weight is 560 g/mol. The molecule has 0 radical (unpaired) electrons. The Morgan fingerprint density at radius 2 is 1.66 bits per heavy atom. The summed E-state index contributed by atoms with van der Waals surface area (Å²) in [5, 5.41) is 5.73. The molecule has 9 heteroatoms. The molecule has 3 atom stereocenters. The highest BCUT2D eigenvalue weighted by molar-refractivity contribution is 6.10. The number of imide groups is 1. The molecule has 41 heavy (non-hydrogen) atoms. The van der Waals surface area contributed by atoms with Gasteiger partial charge in [-0.3, -0.25) is 9.59 Å². The SMILES string of the molecule is COCCOCCOc1ccc([C@H]2NC(=O)N(C(C(=O)Nc3ccc(C)cc3C)C(C)c3ccccc3)C2=O)cc1. The van der Waals surface area contributed by atoms with Crippen LogP contribution in [-0.4, -0.2) is 62.3 Å². The van der Waals surface area contributed by atoms with Gasteiger partial charge in [0.2, 0.25) is 5.91 Å². The van der Waals surface area contributed by atoms with E-state index in [-0.39, 0.29) is 0 Å². The first kappa shape index (κ1) is 29.8. The van der Waals surface area contributed by atoms with Crippen molar-refractivity contribution >= 4 is 23.5 Å². The quantitative estimate of drug-likeness (QED) is 0.231. The Hall–Kier alpha value is -4.21. The number of aryl methyl sites for hydroxylation is 2. The first-order valence-corrected chi connectivity index (χ1v) is 13.7. The zero-order valence-corrected chi connectivity index (χ0v) is 23.9. The number of rotatable bonds is 13. The maximum atomic E-state index is 13.8. The molecule has 3 aromatic carbocycles. The van der Waals surface area contributed by atoms with Crippen molar-refractivity contribution in [1.29, 1.82) is 0 Å². The molecular formula is C32H37N3O6. The number of methoxy groups -OCH3 is 1. The van der Waals surface area contributed by atoms with Crippen LogP contribution >= 0.6 is 0 Å². The second kappa shape index (κ2) is 13.9. The second-order valence-corrected chi connectivity index (χ2v) is 10.1. The molecule has 1 aliphatic rings. The molecule has 3 aromatic rings. The van der Waals surface area contributed by atoms with Gasteiger partial charge < -0.3 is 24.8 Å². The van der Waals surface area contributed by atoms with E-state index in [0.29, 0.717) is 43.4 Å². The summed E-state index contributed by atoms with van der Waals surface area (Å²) >= 11 is 0. The Bertz CT molecular complexity index is 1350. The van der Waals surface area contributed by atoms with Gasteiger partial charge in [-0.25, -0.2) is 9.69 Å². The monoisotopic (exact) mass is 559 g/mol. The fourth-order valence-corrected chi connectivity index (χ4v) is 4.87. The van der Waals surface area contributed by atoms with Gasteiger partial charge in [0.15, 0.2) is 0 Å². The van der Waals surface area contributed by atoms with Gasteiger partial charge in [0.25, 0.3) is 5.91 Å². The largest absolute Gasteiger partial charge is 0.491 e. The predicted molar refractivity (Wildman–Crippen MR) is 156 cm³/mol. The molecule has 0 saturated carbocycles. The molecule has 2 N–H and O–H groups in total. The van der Waals surface area contributed by atoms with E-state index in [1.165, 1.54) is 0 Å². The Kier molecular flexibility index (Phi) is 10.1. The van der Waals surface area contributed by atoms with Crippen LogP contribution in [0.3, 0.4) is 0 Å². The van der Waals surface area contributed by atoms with E-state index in [0.717, 1.165) is 21.6 Å². The lowest BCUT2D eigenvalue weighted by Crippen LogP contribution is -2.50. The van der Waals surface area contributed by atoms with Gasteiger partial charge >= 0.3 is 6.03 Å². The van der Waals surface area contributed by atoms with Crippen molar-refractivity contribution in [3.8, 4) is 5.75 Å². The zero-order valence-electron chi connectivity index (χ0n) is 23.9. The van der Waals surface area contributed by atoms with E-state index in [1.807, 2.05) is 69.3 Å². The second-order valence-electron chi connectivity index (χ2n) is 10.1. The Balaban J connectivity index is 1.52. The fourth-order valence-electron chi connectivity index (χ4n) is 4.87. The van der Waals surface area contributed by atoms with Crippen molar-refractivity contribution in [2.45, 2.75) is 38.8 Å². The first-order valence-electron chi connectivity index (χ1n) is 13.7. The van der Waals surface area contributed by atoms with Crippen LogP contribution < -0.4 is 15.4 Å². The van der Waals surface area contributed by atoms with Crippen molar-refractivity contribution in [3.63, 3.8) is 0 Å². The number of amides is 4. The van der Waals surface area contributed by atoms with Crippen LogP contribution in [0, 0.1) is 13.8 Å². The Labute approximate surface area is 240 Å². The molecule has 4 amide bonds. The molecule has 4 rings (SSSR count). The average Bonchev–Trinajstić information content (AvgIpc) is 3.26. The lowest BCUT2D eigenvalue weighted by atomic mass is 9.91. The highest BCUT2D eigenvalue weighted by Crippen LogP contribution is 2.32. The van der Waals surface area contributed by atoms with Crippen LogP contribution in [0.15, 0.2) is 72.8 Å². The molecule has 1 saturated heterocycles. The minimum absolute atomic E-state index is 0.366. The molecule has 1 heterocycles. The van der Waals surface area contributed by atoms with E-state index >= 15 is 0 Å². The summed E-state index contributed by atoms with van der Waals surface area (Å²) in [6, 6.07) is 19.4. The third-order valence-corrected chi connectivity index (χ3v) is 7.10. The number of carbonyl (C=O) groups excluding carboxylic acids is 3. The first-order chi connectivity index (χ1) is 19.8. The fraction of sp³-hybridized carbons (Fsp3) is 0.344. The minimum Gasteiger partial charge on any atom is -0.491 e. The normalized spacial score (nSPS) is 16.3. The van der Waals surface area contributed by atoms with E-state index in [4.69, 9.17) is 14.2 Å². The van der Waals surface area contributed by atoms with Crippen LogP contribution in [0.2, 0.25) is 0 Å². The van der Waals surface area contributed by atoms with Gasteiger partial charge in [0, 0.05) is 18.7 Å². The molecule has 1 aliphatic heterocycles. The summed E-state index contributed by atoms with van der Waals surface area (Å²) in [7, 11) is 1.61. The van der Waals surface area contributed by atoms with Crippen LogP contribution in [0.25, 0.3) is 0 Å². The van der Waals surface area contributed by atoms with Gasteiger partial charge in [-0.05, 0) is 48.7 Å². The maximum Gasteiger partial charge on any atom is 0.325 e. The highest BCUT2D eigenvalue weighted by Gasteiger charge is 2.47. The summed E-state index contributed by atoms with van der Waals surface area (Å²) in [4.78, 5) is 41.9. The number of hydrogen-bond donors (Lipinski definition) is 2. The van der Waals surface area contributed by atoms with E-state index in [9.17, 15) is 14.4 Å².